The lowest BCUT2D eigenvalue weighted by Crippen LogP contribution is -2.50. The van der Waals surface area contributed by atoms with E-state index in [1.165, 1.54) is 6.07 Å². The van der Waals surface area contributed by atoms with Gasteiger partial charge in [-0.1, -0.05) is 6.07 Å². The van der Waals surface area contributed by atoms with Crippen LogP contribution in [0.2, 0.25) is 0 Å². The molecule has 2 unspecified atom stereocenters. The summed E-state index contributed by atoms with van der Waals surface area (Å²) in [6.07, 6.45) is 2.05. The quantitative estimate of drug-likeness (QED) is 0.870. The number of nitrogens with two attached hydrogens (primary N) is 1. The molecule has 7 heteroatoms. The minimum atomic E-state index is -0.321. The monoisotopic (exact) mass is 353 g/mol. The van der Waals surface area contributed by atoms with Crippen LogP contribution in [-0.2, 0) is 0 Å². The van der Waals surface area contributed by atoms with Gasteiger partial charge in [0.05, 0.1) is 4.47 Å². The van der Waals surface area contributed by atoms with E-state index < -0.39 is 0 Å². The maximum absolute atomic E-state index is 13.6. The number of nitrogens with one attached hydrogen (secondary N) is 1. The molecule has 0 amide bonds. The fourth-order valence-corrected chi connectivity index (χ4v) is 3.10. The molecule has 1 saturated heterocycles. The lowest BCUT2D eigenvalue weighted by atomic mass is 9.99. The molecule has 112 valence electrons. The van der Waals surface area contributed by atoms with Gasteiger partial charge in [0, 0.05) is 24.2 Å². The Bertz CT molecular complexity index is 644. The highest BCUT2D eigenvalue weighted by Crippen LogP contribution is 2.29. The highest BCUT2D eigenvalue weighted by atomic mass is 79.9. The third kappa shape index (κ3) is 2.67. The summed E-state index contributed by atoms with van der Waals surface area (Å²) in [7, 11) is 0. The van der Waals surface area contributed by atoms with Crippen molar-refractivity contribution in [3.63, 3.8) is 0 Å². The largest absolute Gasteiger partial charge is 0.335 e. The van der Waals surface area contributed by atoms with Crippen molar-refractivity contribution in [1.82, 2.24) is 15.2 Å². The van der Waals surface area contributed by atoms with Crippen LogP contribution in [-0.4, -0.2) is 33.8 Å². The second kappa shape index (κ2) is 5.73. The summed E-state index contributed by atoms with van der Waals surface area (Å²) in [4.78, 5) is 6.60. The summed E-state index contributed by atoms with van der Waals surface area (Å²) in [6, 6.07) is 5.16. The Morgan fingerprint density at radius 3 is 3.10 bits per heavy atom. The second-order valence-electron chi connectivity index (χ2n) is 5.33. The van der Waals surface area contributed by atoms with Crippen LogP contribution in [0.1, 0.15) is 19.8 Å². The van der Waals surface area contributed by atoms with Crippen molar-refractivity contribution in [3.8, 4) is 11.4 Å². The number of benzene rings is 1. The molecule has 1 aliphatic rings. The Labute approximate surface area is 130 Å². The summed E-state index contributed by atoms with van der Waals surface area (Å²) < 4.78 is 14.0. The molecule has 2 heterocycles. The number of hydrogen-bond donors (Lipinski definition) is 2. The molecule has 21 heavy (non-hydrogen) atoms. The summed E-state index contributed by atoms with van der Waals surface area (Å²) in [5.41, 5.74) is 6.76. The molecule has 2 atom stereocenters. The van der Waals surface area contributed by atoms with Gasteiger partial charge in [0.2, 0.25) is 5.95 Å². The van der Waals surface area contributed by atoms with E-state index in [1.807, 2.05) is 0 Å². The average Bonchev–Trinajstić information content (AvgIpc) is 2.94. The maximum atomic E-state index is 13.6. The van der Waals surface area contributed by atoms with E-state index in [0.717, 1.165) is 19.4 Å². The minimum Gasteiger partial charge on any atom is -0.335 e. The van der Waals surface area contributed by atoms with Gasteiger partial charge in [-0.3, -0.25) is 5.10 Å². The first-order valence-corrected chi connectivity index (χ1v) is 7.76. The van der Waals surface area contributed by atoms with Crippen LogP contribution in [0.3, 0.4) is 0 Å². The van der Waals surface area contributed by atoms with Gasteiger partial charge in [-0.2, -0.15) is 4.98 Å². The number of piperidine rings is 1. The first-order valence-electron chi connectivity index (χ1n) is 6.97. The predicted octanol–water partition coefficient (Wildman–Crippen LogP) is 2.69. The van der Waals surface area contributed by atoms with Gasteiger partial charge in [0.15, 0.2) is 5.82 Å². The summed E-state index contributed by atoms with van der Waals surface area (Å²) in [5.74, 6) is 0.838. The number of nitrogens with zero attached hydrogens (tertiary/aromatic N) is 3. The fraction of sp³-hybridized carbons (Fsp3) is 0.429. The van der Waals surface area contributed by atoms with Gasteiger partial charge in [-0.05, 0) is 47.8 Å². The highest BCUT2D eigenvalue weighted by Gasteiger charge is 2.28. The molecule has 0 aliphatic carbocycles. The molecular weight excluding hydrogens is 337 g/mol. The molecule has 1 aromatic heterocycles. The standard InChI is InChI=1S/C14H17BrFN5/c1-8-11(17)6-3-7-21(8)14-18-13(19-20-14)9-4-2-5-10(16)12(9)15/h2,4-5,8,11H,3,6-7,17H2,1H3,(H,18,19,20). The van der Waals surface area contributed by atoms with Crippen LogP contribution in [0.15, 0.2) is 22.7 Å². The number of anilines is 1. The van der Waals surface area contributed by atoms with E-state index in [0.29, 0.717) is 21.8 Å². The molecule has 1 fully saturated rings. The van der Waals surface area contributed by atoms with Gasteiger partial charge < -0.3 is 10.6 Å². The van der Waals surface area contributed by atoms with Crippen LogP contribution in [0, 0.1) is 5.82 Å². The van der Waals surface area contributed by atoms with E-state index in [-0.39, 0.29) is 17.9 Å². The van der Waals surface area contributed by atoms with E-state index >= 15 is 0 Å². The van der Waals surface area contributed by atoms with Crippen molar-refractivity contribution in [1.29, 1.82) is 0 Å². The average molecular weight is 354 g/mol. The SMILES string of the molecule is CC1C(N)CCCN1c1n[nH]c(-c2cccc(F)c2Br)n1. The lowest BCUT2D eigenvalue weighted by molar-refractivity contribution is 0.416. The number of aromatic nitrogens is 3. The minimum absolute atomic E-state index is 0.126. The third-order valence-electron chi connectivity index (χ3n) is 3.98. The van der Waals surface area contributed by atoms with Crippen molar-refractivity contribution in [2.45, 2.75) is 31.8 Å². The van der Waals surface area contributed by atoms with Gasteiger partial charge in [-0.25, -0.2) is 4.39 Å². The molecule has 1 aromatic carbocycles. The molecule has 3 rings (SSSR count). The Balaban J connectivity index is 1.91. The maximum Gasteiger partial charge on any atom is 0.245 e. The second-order valence-corrected chi connectivity index (χ2v) is 6.12. The number of hydrogen-bond acceptors (Lipinski definition) is 4. The smallest absolute Gasteiger partial charge is 0.245 e. The Kier molecular flexibility index (Phi) is 3.95. The van der Waals surface area contributed by atoms with E-state index in [2.05, 4.69) is 42.9 Å². The van der Waals surface area contributed by atoms with E-state index in [9.17, 15) is 4.39 Å². The van der Waals surface area contributed by atoms with Crippen LogP contribution in [0.25, 0.3) is 11.4 Å². The molecule has 0 bridgehead atoms. The van der Waals surface area contributed by atoms with Crippen LogP contribution in [0.5, 0.6) is 0 Å². The van der Waals surface area contributed by atoms with E-state index in [4.69, 9.17) is 5.73 Å². The normalized spacial score (nSPS) is 22.6. The number of aromatic amines is 1. The Morgan fingerprint density at radius 1 is 1.48 bits per heavy atom. The van der Waals surface area contributed by atoms with Gasteiger partial charge in [0.25, 0.3) is 0 Å². The number of H-pyrrole nitrogens is 1. The van der Waals surface area contributed by atoms with Crippen molar-refractivity contribution >= 4 is 21.9 Å². The van der Waals surface area contributed by atoms with Crippen LogP contribution < -0.4 is 10.6 Å². The highest BCUT2D eigenvalue weighted by molar-refractivity contribution is 9.10. The van der Waals surface area contributed by atoms with Crippen molar-refractivity contribution in [3.05, 3.63) is 28.5 Å². The fourth-order valence-electron chi connectivity index (χ4n) is 2.64. The zero-order valence-electron chi connectivity index (χ0n) is 11.7. The molecular formula is C14H17BrFN5. The number of rotatable bonds is 2. The topological polar surface area (TPSA) is 70.8 Å². The summed E-state index contributed by atoms with van der Waals surface area (Å²) in [6.45, 7) is 2.97. The summed E-state index contributed by atoms with van der Waals surface area (Å²) >= 11 is 3.25. The van der Waals surface area contributed by atoms with Crippen molar-refractivity contribution < 1.29 is 4.39 Å². The lowest BCUT2D eigenvalue weighted by Gasteiger charge is -2.36. The first-order chi connectivity index (χ1) is 10.1. The first kappa shape index (κ1) is 14.5. The van der Waals surface area contributed by atoms with Gasteiger partial charge in [0.1, 0.15) is 5.82 Å². The van der Waals surface area contributed by atoms with Crippen molar-refractivity contribution in [2.75, 3.05) is 11.4 Å². The molecule has 0 spiro atoms. The van der Waals surface area contributed by atoms with Gasteiger partial charge >= 0.3 is 0 Å². The third-order valence-corrected chi connectivity index (χ3v) is 4.79. The zero-order valence-corrected chi connectivity index (χ0v) is 13.3. The molecule has 1 aliphatic heterocycles. The Hall–Kier alpha value is -1.47. The molecule has 0 radical (unpaired) electrons. The molecule has 2 aromatic rings. The van der Waals surface area contributed by atoms with Crippen LogP contribution in [0.4, 0.5) is 10.3 Å². The molecule has 5 nitrogen and oxygen atoms in total. The summed E-state index contributed by atoms with van der Waals surface area (Å²) in [5, 5.41) is 7.15. The number of halogens is 2. The zero-order chi connectivity index (χ0) is 15.0. The van der Waals surface area contributed by atoms with E-state index in [1.54, 1.807) is 12.1 Å². The Morgan fingerprint density at radius 2 is 2.29 bits per heavy atom. The van der Waals surface area contributed by atoms with Crippen LogP contribution >= 0.6 is 15.9 Å². The predicted molar refractivity (Wildman–Crippen MR) is 83.5 cm³/mol. The molecule has 3 N–H and O–H groups in total. The molecule has 0 saturated carbocycles. The van der Waals surface area contributed by atoms with Crippen molar-refractivity contribution in [2.24, 2.45) is 5.73 Å². The van der Waals surface area contributed by atoms with Gasteiger partial charge in [-0.15, -0.1) is 5.10 Å².